The zero-order valence-corrected chi connectivity index (χ0v) is 16.7. The molecule has 0 spiro atoms. The molecule has 1 amide bonds. The van der Waals surface area contributed by atoms with E-state index in [1.54, 1.807) is 17.1 Å². The lowest BCUT2D eigenvalue weighted by atomic mass is 9.95. The number of nitrogens with zero attached hydrogens (tertiary/aromatic N) is 4. The molecule has 5 heteroatoms. The Morgan fingerprint density at radius 1 is 1.19 bits per heavy atom. The molecule has 1 aromatic heterocycles. The summed E-state index contributed by atoms with van der Waals surface area (Å²) in [6.07, 6.45) is 3.85. The number of allylic oxidation sites excluding steroid dienone is 3. The number of hydrogen-bond donors (Lipinski definition) is 0. The Hall–Kier alpha value is -2.95. The minimum absolute atomic E-state index is 0.0374. The minimum atomic E-state index is 0.0374. The Labute approximate surface area is 161 Å². The molecule has 0 bridgehead atoms. The molecule has 0 radical (unpaired) electrons. The third kappa shape index (κ3) is 3.63. The average molecular weight is 364 g/mol. The van der Waals surface area contributed by atoms with Crippen molar-refractivity contribution in [3.8, 4) is 11.3 Å². The highest BCUT2D eigenvalue weighted by molar-refractivity contribution is 5.89. The number of carbonyl (C=O) groups excluding carboxylic acids is 1. The number of aromatic nitrogens is 3. The molecule has 1 aromatic carbocycles. The standard InChI is InChI=1S/C20H22N4O.C2H6/c1-5-15-17(6-2)23(18(25)7-3)13-14-11-9-10-12-16(14)20-19(15)21-22-24(20)8-4;1-2/h5-6,9-12H,1-2,7-8,13H2,3-4H3;1-2H3/b17-15-;. The van der Waals surface area contributed by atoms with Crippen molar-refractivity contribution in [3.63, 3.8) is 0 Å². The molecule has 5 nitrogen and oxygen atoms in total. The summed E-state index contributed by atoms with van der Waals surface area (Å²) >= 11 is 0. The van der Waals surface area contributed by atoms with Crippen molar-refractivity contribution in [2.75, 3.05) is 0 Å². The monoisotopic (exact) mass is 364 g/mol. The van der Waals surface area contributed by atoms with Crippen LogP contribution >= 0.6 is 0 Å². The van der Waals surface area contributed by atoms with Crippen LogP contribution in [-0.4, -0.2) is 25.8 Å². The molecule has 0 unspecified atom stereocenters. The van der Waals surface area contributed by atoms with E-state index in [2.05, 4.69) is 29.5 Å². The molecule has 2 heterocycles. The van der Waals surface area contributed by atoms with Crippen molar-refractivity contribution < 1.29 is 4.79 Å². The number of hydrogen-bond acceptors (Lipinski definition) is 3. The molecule has 3 rings (SSSR count). The highest BCUT2D eigenvalue weighted by Crippen LogP contribution is 2.36. The second kappa shape index (κ2) is 9.12. The van der Waals surface area contributed by atoms with Crippen LogP contribution in [0.4, 0.5) is 0 Å². The molecule has 0 aliphatic carbocycles. The topological polar surface area (TPSA) is 51.0 Å². The summed E-state index contributed by atoms with van der Waals surface area (Å²) in [5.41, 5.74) is 5.29. The molecule has 1 aliphatic rings. The van der Waals surface area contributed by atoms with Crippen molar-refractivity contribution in [1.29, 1.82) is 0 Å². The highest BCUT2D eigenvalue weighted by atomic mass is 16.2. The van der Waals surface area contributed by atoms with Gasteiger partial charge in [0, 0.05) is 24.1 Å². The van der Waals surface area contributed by atoms with E-state index in [0.29, 0.717) is 19.5 Å². The van der Waals surface area contributed by atoms with Gasteiger partial charge in [0.15, 0.2) is 0 Å². The van der Waals surface area contributed by atoms with Crippen LogP contribution in [0.25, 0.3) is 16.8 Å². The SMILES string of the molecule is C=C/C1=C(\C=C)N(C(=O)CC)Cc2ccccc2-c2c1nnn2CC.CC. The van der Waals surface area contributed by atoms with E-state index in [4.69, 9.17) is 0 Å². The number of rotatable bonds is 4. The second-order valence-electron chi connectivity index (χ2n) is 5.80. The fraction of sp³-hybridized carbons (Fsp3) is 0.318. The third-order valence-electron chi connectivity index (χ3n) is 4.46. The number of carbonyl (C=O) groups is 1. The summed E-state index contributed by atoms with van der Waals surface area (Å²) in [5, 5.41) is 8.70. The summed E-state index contributed by atoms with van der Waals surface area (Å²) in [5.74, 6) is 0.0374. The maximum atomic E-state index is 12.6. The quantitative estimate of drug-likeness (QED) is 0.781. The van der Waals surface area contributed by atoms with Crippen LogP contribution < -0.4 is 0 Å². The molecule has 27 heavy (non-hydrogen) atoms. The number of benzene rings is 1. The van der Waals surface area contributed by atoms with Crippen LogP contribution in [-0.2, 0) is 17.9 Å². The predicted octanol–water partition coefficient (Wildman–Crippen LogP) is 4.83. The summed E-state index contributed by atoms with van der Waals surface area (Å²) in [6.45, 7) is 17.0. The van der Waals surface area contributed by atoms with Crippen molar-refractivity contribution in [3.05, 3.63) is 66.5 Å². The van der Waals surface area contributed by atoms with Crippen molar-refractivity contribution in [1.82, 2.24) is 19.9 Å². The van der Waals surface area contributed by atoms with Gasteiger partial charge < -0.3 is 4.90 Å². The summed E-state index contributed by atoms with van der Waals surface area (Å²) in [4.78, 5) is 14.4. The maximum Gasteiger partial charge on any atom is 0.227 e. The van der Waals surface area contributed by atoms with E-state index in [1.807, 2.05) is 50.6 Å². The zero-order valence-electron chi connectivity index (χ0n) is 16.7. The first-order valence-electron chi connectivity index (χ1n) is 9.47. The van der Waals surface area contributed by atoms with Crippen LogP contribution in [0.3, 0.4) is 0 Å². The minimum Gasteiger partial charge on any atom is -0.307 e. The van der Waals surface area contributed by atoms with Gasteiger partial charge in [-0.3, -0.25) is 4.79 Å². The first-order chi connectivity index (χ1) is 13.2. The van der Waals surface area contributed by atoms with Gasteiger partial charge in [-0.15, -0.1) is 5.10 Å². The number of aryl methyl sites for hydroxylation is 1. The largest absolute Gasteiger partial charge is 0.307 e. The number of amides is 1. The van der Waals surface area contributed by atoms with E-state index in [-0.39, 0.29) is 5.91 Å². The van der Waals surface area contributed by atoms with Crippen LogP contribution in [0, 0.1) is 0 Å². The van der Waals surface area contributed by atoms with E-state index >= 15 is 0 Å². The van der Waals surface area contributed by atoms with E-state index in [1.165, 1.54) is 0 Å². The van der Waals surface area contributed by atoms with E-state index in [9.17, 15) is 4.79 Å². The van der Waals surface area contributed by atoms with Gasteiger partial charge in [0.05, 0.1) is 17.9 Å². The van der Waals surface area contributed by atoms with Gasteiger partial charge in [-0.25, -0.2) is 4.68 Å². The molecule has 1 aliphatic heterocycles. The molecular weight excluding hydrogens is 336 g/mol. The van der Waals surface area contributed by atoms with Gasteiger partial charge in [-0.05, 0) is 18.6 Å². The Bertz CT molecular complexity index is 876. The second-order valence-corrected chi connectivity index (χ2v) is 5.80. The highest BCUT2D eigenvalue weighted by Gasteiger charge is 2.28. The summed E-state index contributed by atoms with van der Waals surface area (Å²) in [6, 6.07) is 8.08. The zero-order chi connectivity index (χ0) is 20.0. The molecule has 2 aromatic rings. The molecule has 0 atom stereocenters. The van der Waals surface area contributed by atoms with Gasteiger partial charge in [0.2, 0.25) is 5.91 Å². The molecule has 0 saturated carbocycles. The lowest BCUT2D eigenvalue weighted by Gasteiger charge is -2.28. The van der Waals surface area contributed by atoms with Crippen LogP contribution in [0.1, 0.15) is 45.4 Å². The fourth-order valence-corrected chi connectivity index (χ4v) is 3.23. The molecule has 142 valence electrons. The summed E-state index contributed by atoms with van der Waals surface area (Å²) < 4.78 is 1.88. The van der Waals surface area contributed by atoms with Gasteiger partial charge in [-0.2, -0.15) is 0 Å². The Morgan fingerprint density at radius 3 is 2.48 bits per heavy atom. The van der Waals surface area contributed by atoms with Crippen LogP contribution in [0.2, 0.25) is 0 Å². The van der Waals surface area contributed by atoms with Crippen molar-refractivity contribution in [2.45, 2.75) is 47.2 Å². The summed E-state index contributed by atoms with van der Waals surface area (Å²) in [7, 11) is 0. The maximum absolute atomic E-state index is 12.6. The van der Waals surface area contributed by atoms with Gasteiger partial charge >= 0.3 is 0 Å². The molecular formula is C22H28N4O. The smallest absolute Gasteiger partial charge is 0.227 e. The first kappa shape index (κ1) is 20.4. The van der Waals surface area contributed by atoms with E-state index in [0.717, 1.165) is 33.8 Å². The molecule has 0 fully saturated rings. The van der Waals surface area contributed by atoms with Gasteiger partial charge in [0.1, 0.15) is 5.69 Å². The first-order valence-corrected chi connectivity index (χ1v) is 9.47. The lowest BCUT2D eigenvalue weighted by molar-refractivity contribution is -0.129. The van der Waals surface area contributed by atoms with Crippen molar-refractivity contribution >= 4 is 11.5 Å². The van der Waals surface area contributed by atoms with Gasteiger partial charge in [0.25, 0.3) is 0 Å². The fourth-order valence-electron chi connectivity index (χ4n) is 3.23. The van der Waals surface area contributed by atoms with Gasteiger partial charge in [-0.1, -0.05) is 69.5 Å². The average Bonchev–Trinajstić information content (AvgIpc) is 3.13. The molecule has 0 saturated heterocycles. The molecule has 0 N–H and O–H groups in total. The van der Waals surface area contributed by atoms with E-state index < -0.39 is 0 Å². The Kier molecular flexibility index (Phi) is 6.88. The Morgan fingerprint density at radius 2 is 1.89 bits per heavy atom. The Balaban J connectivity index is 0.00000126. The lowest BCUT2D eigenvalue weighted by Crippen LogP contribution is -2.30. The normalized spacial score (nSPS) is 15.5. The third-order valence-corrected chi connectivity index (χ3v) is 4.46. The number of fused-ring (bicyclic) bond motifs is 3. The van der Waals surface area contributed by atoms with Crippen LogP contribution in [0.15, 0.2) is 55.3 Å². The van der Waals surface area contributed by atoms with Crippen LogP contribution in [0.5, 0.6) is 0 Å². The predicted molar refractivity (Wildman–Crippen MR) is 111 cm³/mol. The van der Waals surface area contributed by atoms with Crippen molar-refractivity contribution in [2.24, 2.45) is 0 Å².